The number of amides is 2. The highest BCUT2D eigenvalue weighted by molar-refractivity contribution is 5.84. The van der Waals surface area contributed by atoms with E-state index in [4.69, 9.17) is 17.2 Å². The Balaban J connectivity index is 2.40. The van der Waals surface area contributed by atoms with Crippen LogP contribution in [0.1, 0.15) is 0 Å². The van der Waals surface area contributed by atoms with E-state index in [1.807, 2.05) is 0 Å². The number of hydrogen-bond donors (Lipinski definition) is 3. The van der Waals surface area contributed by atoms with Crippen LogP contribution in [0.15, 0.2) is 12.7 Å². The summed E-state index contributed by atoms with van der Waals surface area (Å²) in [6, 6.07) is 0. The van der Waals surface area contributed by atoms with Crippen LogP contribution in [-0.2, 0) is 9.59 Å². The molecule has 0 radical (unpaired) electrons. The normalized spacial score (nSPS) is 10.3. The first-order valence-electron chi connectivity index (χ1n) is 5.64. The Morgan fingerprint density at radius 1 is 1.14 bits per heavy atom. The molecule has 2 rings (SSSR count). The Labute approximate surface area is 118 Å². The van der Waals surface area contributed by atoms with Crippen molar-refractivity contribution in [1.82, 2.24) is 29.7 Å². The zero-order valence-corrected chi connectivity index (χ0v) is 10.7. The van der Waals surface area contributed by atoms with E-state index in [0.29, 0.717) is 0 Å². The fourth-order valence-corrected chi connectivity index (χ4v) is 1.50. The van der Waals surface area contributed by atoms with Gasteiger partial charge in [0, 0.05) is 0 Å². The molecule has 0 saturated heterocycles. The van der Waals surface area contributed by atoms with E-state index in [-0.39, 0.29) is 30.9 Å². The molecule has 0 aliphatic rings. The van der Waals surface area contributed by atoms with Crippen LogP contribution in [0.2, 0.25) is 0 Å². The van der Waals surface area contributed by atoms with E-state index in [1.165, 1.54) is 22.2 Å². The van der Waals surface area contributed by atoms with Crippen molar-refractivity contribution in [2.45, 2.75) is 0 Å². The highest BCUT2D eigenvalue weighted by atomic mass is 16.2. The standard InChI is InChI=1S/C9H12N10O2/c10-5(20)1-18(2-6(11)21)8-15-7(12)16-9(17-8)19-4-13-3-14-19/h3-4H,1-2H2,(H2,10,20)(H2,11,21)(H2,12,15,16,17). The first kappa shape index (κ1) is 14.1. The molecule has 21 heavy (non-hydrogen) atoms. The van der Waals surface area contributed by atoms with Crippen LogP contribution in [0, 0.1) is 0 Å². The van der Waals surface area contributed by atoms with Crippen molar-refractivity contribution >= 4 is 23.7 Å². The zero-order valence-electron chi connectivity index (χ0n) is 10.7. The van der Waals surface area contributed by atoms with E-state index in [1.54, 1.807) is 0 Å². The third-order valence-electron chi connectivity index (χ3n) is 2.23. The first-order valence-corrected chi connectivity index (χ1v) is 5.64. The zero-order chi connectivity index (χ0) is 15.4. The van der Waals surface area contributed by atoms with Crippen LogP contribution >= 0.6 is 0 Å². The fraction of sp³-hybridized carbons (Fsp3) is 0.222. The van der Waals surface area contributed by atoms with Gasteiger partial charge in [-0.1, -0.05) is 0 Å². The molecule has 2 aromatic rings. The summed E-state index contributed by atoms with van der Waals surface area (Å²) >= 11 is 0. The minimum Gasteiger partial charge on any atom is -0.368 e. The lowest BCUT2D eigenvalue weighted by molar-refractivity contribution is -0.117. The van der Waals surface area contributed by atoms with Gasteiger partial charge >= 0.3 is 0 Å². The molecule has 12 nitrogen and oxygen atoms in total. The Morgan fingerprint density at radius 2 is 1.81 bits per heavy atom. The van der Waals surface area contributed by atoms with E-state index in [9.17, 15) is 9.59 Å². The average molecular weight is 292 g/mol. The first-order chi connectivity index (χ1) is 9.95. The van der Waals surface area contributed by atoms with Crippen molar-refractivity contribution in [3.05, 3.63) is 12.7 Å². The molecule has 6 N–H and O–H groups in total. The maximum Gasteiger partial charge on any atom is 0.258 e. The third-order valence-corrected chi connectivity index (χ3v) is 2.23. The largest absolute Gasteiger partial charge is 0.368 e. The summed E-state index contributed by atoms with van der Waals surface area (Å²) in [6.07, 6.45) is 2.63. The highest BCUT2D eigenvalue weighted by Gasteiger charge is 2.17. The van der Waals surface area contributed by atoms with E-state index in [2.05, 4.69) is 25.0 Å². The summed E-state index contributed by atoms with van der Waals surface area (Å²) in [5, 5.41) is 3.85. The molecule has 12 heteroatoms. The summed E-state index contributed by atoms with van der Waals surface area (Å²) in [7, 11) is 0. The number of anilines is 2. The second kappa shape index (κ2) is 5.77. The summed E-state index contributed by atoms with van der Waals surface area (Å²) in [4.78, 5) is 38.8. The van der Waals surface area contributed by atoms with Gasteiger partial charge in [0.25, 0.3) is 5.95 Å². The third kappa shape index (κ3) is 3.59. The quantitative estimate of drug-likeness (QED) is 0.493. The molecule has 0 unspecified atom stereocenters. The van der Waals surface area contributed by atoms with Crippen LogP contribution < -0.4 is 22.1 Å². The minimum absolute atomic E-state index is 0.0226. The van der Waals surface area contributed by atoms with E-state index in [0.717, 1.165) is 0 Å². The monoisotopic (exact) mass is 292 g/mol. The van der Waals surface area contributed by atoms with Gasteiger partial charge in [-0.25, -0.2) is 4.98 Å². The second-order valence-electron chi connectivity index (χ2n) is 3.92. The van der Waals surface area contributed by atoms with Crippen LogP contribution in [0.25, 0.3) is 5.95 Å². The summed E-state index contributed by atoms with van der Waals surface area (Å²) in [6.45, 7) is -0.605. The van der Waals surface area contributed by atoms with Gasteiger partial charge in [0.15, 0.2) is 0 Å². The number of rotatable bonds is 6. The molecule has 0 aromatic carbocycles. The lowest BCUT2D eigenvalue weighted by Crippen LogP contribution is -2.41. The molecule has 0 atom stereocenters. The van der Waals surface area contributed by atoms with E-state index >= 15 is 0 Å². The number of carbonyl (C=O) groups excluding carboxylic acids is 2. The highest BCUT2D eigenvalue weighted by Crippen LogP contribution is 2.10. The van der Waals surface area contributed by atoms with Crippen LogP contribution in [0.3, 0.4) is 0 Å². The lowest BCUT2D eigenvalue weighted by atomic mass is 10.4. The molecule has 2 aromatic heterocycles. The van der Waals surface area contributed by atoms with Gasteiger partial charge in [0.2, 0.25) is 23.7 Å². The van der Waals surface area contributed by atoms with Crippen molar-refractivity contribution in [3.8, 4) is 5.95 Å². The van der Waals surface area contributed by atoms with Crippen molar-refractivity contribution in [2.75, 3.05) is 23.7 Å². The Bertz CT molecular complexity index is 639. The molecule has 0 bridgehead atoms. The fourth-order valence-electron chi connectivity index (χ4n) is 1.50. The van der Waals surface area contributed by atoms with Crippen LogP contribution in [0.5, 0.6) is 0 Å². The van der Waals surface area contributed by atoms with Crippen molar-refractivity contribution in [1.29, 1.82) is 0 Å². The van der Waals surface area contributed by atoms with Crippen molar-refractivity contribution < 1.29 is 9.59 Å². The van der Waals surface area contributed by atoms with Gasteiger partial charge < -0.3 is 22.1 Å². The van der Waals surface area contributed by atoms with Crippen LogP contribution in [-0.4, -0.2) is 54.6 Å². The molecule has 2 amide bonds. The average Bonchev–Trinajstić information content (AvgIpc) is 2.90. The molecule has 2 heterocycles. The molecule has 110 valence electrons. The van der Waals surface area contributed by atoms with Crippen LogP contribution in [0.4, 0.5) is 11.9 Å². The van der Waals surface area contributed by atoms with Crippen molar-refractivity contribution in [3.63, 3.8) is 0 Å². The Kier molecular flexibility index (Phi) is 3.87. The molecule has 0 aliphatic carbocycles. The van der Waals surface area contributed by atoms with Gasteiger partial charge in [0.1, 0.15) is 25.7 Å². The molecular formula is C9H12N10O2. The number of nitrogen functional groups attached to an aromatic ring is 1. The molecule has 0 aliphatic heterocycles. The lowest BCUT2D eigenvalue weighted by Gasteiger charge is -2.19. The second-order valence-corrected chi connectivity index (χ2v) is 3.92. The Morgan fingerprint density at radius 3 is 2.33 bits per heavy atom. The van der Waals surface area contributed by atoms with Crippen molar-refractivity contribution in [2.24, 2.45) is 11.5 Å². The number of nitrogens with two attached hydrogens (primary N) is 3. The molecule has 0 saturated carbocycles. The summed E-state index contributed by atoms with van der Waals surface area (Å²) < 4.78 is 1.24. The number of hydrogen-bond acceptors (Lipinski definition) is 9. The molecular weight excluding hydrogens is 280 g/mol. The van der Waals surface area contributed by atoms with Gasteiger partial charge in [-0.3, -0.25) is 9.59 Å². The van der Waals surface area contributed by atoms with E-state index < -0.39 is 11.8 Å². The number of nitrogens with zero attached hydrogens (tertiary/aromatic N) is 7. The number of aromatic nitrogens is 6. The van der Waals surface area contributed by atoms with Gasteiger partial charge in [-0.2, -0.15) is 24.7 Å². The van der Waals surface area contributed by atoms with Gasteiger partial charge in [-0.05, 0) is 0 Å². The predicted octanol–water partition coefficient (Wildman–Crippen LogP) is -3.19. The van der Waals surface area contributed by atoms with Gasteiger partial charge in [0.05, 0.1) is 0 Å². The number of primary amides is 2. The predicted molar refractivity (Wildman–Crippen MR) is 69.8 cm³/mol. The maximum absolute atomic E-state index is 11.1. The molecule has 0 spiro atoms. The van der Waals surface area contributed by atoms with Gasteiger partial charge in [-0.15, -0.1) is 0 Å². The maximum atomic E-state index is 11.1. The topological polar surface area (TPSA) is 185 Å². The molecule has 0 fully saturated rings. The summed E-state index contributed by atoms with van der Waals surface area (Å²) in [5.41, 5.74) is 15.8. The Hall–Kier alpha value is -3.31. The SMILES string of the molecule is NC(=O)CN(CC(N)=O)c1nc(N)nc(-n2cncn2)n1. The summed E-state index contributed by atoms with van der Waals surface area (Å²) in [5.74, 6) is -1.43. The minimum atomic E-state index is -0.683. The number of carbonyl (C=O) groups is 2. The smallest absolute Gasteiger partial charge is 0.258 e.